The molecule has 0 aliphatic heterocycles. The molecule has 2 aromatic rings. The maximum absolute atomic E-state index is 12.8. The summed E-state index contributed by atoms with van der Waals surface area (Å²) in [5.74, 6) is -0.0402. The Bertz CT molecular complexity index is 927. The molecule has 0 aliphatic carbocycles. The van der Waals surface area contributed by atoms with Crippen LogP contribution in [0, 0.1) is 11.3 Å². The summed E-state index contributed by atoms with van der Waals surface area (Å²) in [5.41, 5.74) is 4.16. The standard InChI is InChI=1S/C18H19F3N6O2/c1-10(29-14-4-3-12(18(19,20)21)7-11(14)9-22)5-6-25-17-26-13(16(23)28)8-15(24-2)27-17/h3-4,7-8,10H,5-6H2,1-2H3,(H2,23,28)(H2,24,25,26,27)/t10-/m1/s1. The van der Waals surface area contributed by atoms with Gasteiger partial charge >= 0.3 is 6.18 Å². The lowest BCUT2D eigenvalue weighted by molar-refractivity contribution is -0.137. The van der Waals surface area contributed by atoms with Gasteiger partial charge in [0.05, 0.1) is 17.2 Å². The van der Waals surface area contributed by atoms with Crippen LogP contribution in [-0.2, 0) is 6.18 Å². The number of benzene rings is 1. The molecule has 0 radical (unpaired) electrons. The predicted molar refractivity (Wildman–Crippen MR) is 99.5 cm³/mol. The second-order valence-electron chi connectivity index (χ2n) is 6.04. The summed E-state index contributed by atoms with van der Waals surface area (Å²) in [6, 6.07) is 5.87. The van der Waals surface area contributed by atoms with Crippen LogP contribution in [0.2, 0.25) is 0 Å². The summed E-state index contributed by atoms with van der Waals surface area (Å²) in [6.07, 6.45) is -4.54. The van der Waals surface area contributed by atoms with Crippen molar-refractivity contribution in [2.24, 2.45) is 5.73 Å². The summed E-state index contributed by atoms with van der Waals surface area (Å²) >= 11 is 0. The van der Waals surface area contributed by atoms with Crippen molar-refractivity contribution in [1.82, 2.24) is 9.97 Å². The van der Waals surface area contributed by atoms with Crippen LogP contribution in [0.5, 0.6) is 5.75 Å². The number of nitrogens with one attached hydrogen (secondary N) is 2. The monoisotopic (exact) mass is 408 g/mol. The van der Waals surface area contributed by atoms with E-state index in [-0.39, 0.29) is 23.0 Å². The number of hydrogen-bond acceptors (Lipinski definition) is 7. The van der Waals surface area contributed by atoms with Gasteiger partial charge in [-0.15, -0.1) is 0 Å². The Hall–Kier alpha value is -3.55. The first kappa shape index (κ1) is 21.7. The van der Waals surface area contributed by atoms with E-state index in [4.69, 9.17) is 15.7 Å². The molecule has 0 fully saturated rings. The van der Waals surface area contributed by atoms with Gasteiger partial charge in [-0.05, 0) is 25.1 Å². The number of anilines is 2. The summed E-state index contributed by atoms with van der Waals surface area (Å²) in [7, 11) is 1.63. The average Bonchev–Trinajstić information content (AvgIpc) is 2.67. The number of alkyl halides is 3. The lowest BCUT2D eigenvalue weighted by atomic mass is 10.1. The highest BCUT2D eigenvalue weighted by atomic mass is 19.4. The SMILES string of the molecule is CNc1cc(C(N)=O)nc(NCC[C@@H](C)Oc2ccc(C(F)(F)F)cc2C#N)n1. The maximum Gasteiger partial charge on any atom is 0.416 e. The van der Waals surface area contributed by atoms with Crippen LogP contribution in [0.4, 0.5) is 24.9 Å². The van der Waals surface area contributed by atoms with Crippen molar-refractivity contribution in [1.29, 1.82) is 5.26 Å². The van der Waals surface area contributed by atoms with Crippen molar-refractivity contribution in [2.45, 2.75) is 25.6 Å². The van der Waals surface area contributed by atoms with Crippen LogP contribution < -0.4 is 21.1 Å². The van der Waals surface area contributed by atoms with Crippen molar-refractivity contribution in [3.05, 3.63) is 41.1 Å². The van der Waals surface area contributed by atoms with E-state index in [1.165, 1.54) is 6.07 Å². The van der Waals surface area contributed by atoms with Crippen LogP contribution in [-0.4, -0.2) is 35.6 Å². The van der Waals surface area contributed by atoms with Gasteiger partial charge < -0.3 is 21.1 Å². The van der Waals surface area contributed by atoms with E-state index < -0.39 is 23.8 Å². The molecule has 8 nitrogen and oxygen atoms in total. The zero-order valence-electron chi connectivity index (χ0n) is 15.7. The number of nitrogens with zero attached hydrogens (tertiary/aromatic N) is 3. The van der Waals surface area contributed by atoms with Gasteiger partial charge in [-0.3, -0.25) is 4.79 Å². The van der Waals surface area contributed by atoms with E-state index >= 15 is 0 Å². The summed E-state index contributed by atoms with van der Waals surface area (Å²) < 4.78 is 43.9. The Balaban J connectivity index is 1.99. The highest BCUT2D eigenvalue weighted by Crippen LogP contribution is 2.32. The number of halogens is 3. The van der Waals surface area contributed by atoms with Gasteiger partial charge in [-0.2, -0.15) is 23.4 Å². The molecule has 4 N–H and O–H groups in total. The first-order chi connectivity index (χ1) is 13.6. The molecule has 2 rings (SSSR count). The number of hydrogen-bond donors (Lipinski definition) is 3. The molecule has 11 heteroatoms. The zero-order chi connectivity index (χ0) is 21.6. The molecular weight excluding hydrogens is 389 g/mol. The van der Waals surface area contributed by atoms with Crippen molar-refractivity contribution in [3.8, 4) is 11.8 Å². The minimum atomic E-state index is -4.54. The van der Waals surface area contributed by atoms with Crippen molar-refractivity contribution in [2.75, 3.05) is 24.2 Å². The number of carbonyl (C=O) groups excluding carboxylic acids is 1. The van der Waals surface area contributed by atoms with Crippen LogP contribution >= 0.6 is 0 Å². The molecular formula is C18H19F3N6O2. The molecule has 0 bridgehead atoms. The lowest BCUT2D eigenvalue weighted by Gasteiger charge is -2.17. The lowest BCUT2D eigenvalue weighted by Crippen LogP contribution is -2.20. The molecule has 154 valence electrons. The Morgan fingerprint density at radius 1 is 1.34 bits per heavy atom. The highest BCUT2D eigenvalue weighted by molar-refractivity contribution is 5.91. The van der Waals surface area contributed by atoms with Gasteiger partial charge in [0.15, 0.2) is 0 Å². The summed E-state index contributed by atoms with van der Waals surface area (Å²) in [6.45, 7) is 2.05. The first-order valence-electron chi connectivity index (χ1n) is 8.52. The number of nitriles is 1. The van der Waals surface area contributed by atoms with E-state index in [1.807, 2.05) is 0 Å². The molecule has 0 aliphatic rings. The van der Waals surface area contributed by atoms with Crippen LogP contribution in [0.3, 0.4) is 0 Å². The third kappa shape index (κ3) is 5.97. The number of nitrogens with two attached hydrogens (primary N) is 1. The molecule has 0 unspecified atom stereocenters. The Morgan fingerprint density at radius 2 is 2.07 bits per heavy atom. The molecule has 0 saturated carbocycles. The second-order valence-corrected chi connectivity index (χ2v) is 6.04. The van der Waals surface area contributed by atoms with Crippen LogP contribution in [0.15, 0.2) is 24.3 Å². The maximum atomic E-state index is 12.8. The minimum Gasteiger partial charge on any atom is -0.489 e. The third-order valence-corrected chi connectivity index (χ3v) is 3.82. The molecule has 1 amide bonds. The fourth-order valence-electron chi connectivity index (χ4n) is 2.34. The molecule has 0 spiro atoms. The first-order valence-corrected chi connectivity index (χ1v) is 8.52. The molecule has 29 heavy (non-hydrogen) atoms. The Labute approximate surface area is 164 Å². The van der Waals surface area contributed by atoms with E-state index in [9.17, 15) is 18.0 Å². The highest BCUT2D eigenvalue weighted by Gasteiger charge is 2.31. The fourth-order valence-corrected chi connectivity index (χ4v) is 2.34. The van der Waals surface area contributed by atoms with Crippen LogP contribution in [0.25, 0.3) is 0 Å². The number of amides is 1. The Morgan fingerprint density at radius 3 is 2.66 bits per heavy atom. The quantitative estimate of drug-likeness (QED) is 0.613. The second kappa shape index (κ2) is 9.09. The van der Waals surface area contributed by atoms with Crippen molar-refractivity contribution < 1.29 is 22.7 Å². The normalized spacial score (nSPS) is 12.0. The van der Waals surface area contributed by atoms with Gasteiger partial charge in [0, 0.05) is 26.1 Å². The smallest absolute Gasteiger partial charge is 0.416 e. The summed E-state index contributed by atoms with van der Waals surface area (Å²) in [4.78, 5) is 19.5. The minimum absolute atomic E-state index is 0.0413. The molecule has 1 atom stereocenters. The van der Waals surface area contributed by atoms with Gasteiger partial charge in [-0.1, -0.05) is 0 Å². The largest absolute Gasteiger partial charge is 0.489 e. The van der Waals surface area contributed by atoms with Gasteiger partial charge in [-0.25, -0.2) is 4.98 Å². The molecule has 1 aromatic carbocycles. The number of primary amides is 1. The van der Waals surface area contributed by atoms with Gasteiger partial charge in [0.1, 0.15) is 23.3 Å². The van der Waals surface area contributed by atoms with E-state index in [2.05, 4.69) is 20.6 Å². The fraction of sp³-hybridized carbons (Fsp3) is 0.333. The third-order valence-electron chi connectivity index (χ3n) is 3.82. The number of rotatable bonds is 8. The van der Waals surface area contributed by atoms with Crippen molar-refractivity contribution >= 4 is 17.7 Å². The number of aromatic nitrogens is 2. The van der Waals surface area contributed by atoms with E-state index in [0.29, 0.717) is 18.8 Å². The van der Waals surface area contributed by atoms with E-state index in [0.717, 1.165) is 18.2 Å². The topological polar surface area (TPSA) is 126 Å². The molecule has 0 saturated heterocycles. The predicted octanol–water partition coefficient (Wildman–Crippen LogP) is 2.78. The Kier molecular flexibility index (Phi) is 6.82. The molecule has 1 aromatic heterocycles. The number of ether oxygens (including phenoxy) is 1. The van der Waals surface area contributed by atoms with Gasteiger partial charge in [0.2, 0.25) is 5.95 Å². The average molecular weight is 408 g/mol. The van der Waals surface area contributed by atoms with Crippen molar-refractivity contribution in [3.63, 3.8) is 0 Å². The molecule has 1 heterocycles. The van der Waals surface area contributed by atoms with E-state index in [1.54, 1.807) is 20.0 Å². The van der Waals surface area contributed by atoms with Gasteiger partial charge in [0.25, 0.3) is 5.91 Å². The van der Waals surface area contributed by atoms with Crippen LogP contribution in [0.1, 0.15) is 35.0 Å². The number of carbonyl (C=O) groups is 1. The zero-order valence-corrected chi connectivity index (χ0v) is 15.7. The summed E-state index contributed by atoms with van der Waals surface area (Å²) in [5, 5.41) is 14.8.